The Bertz CT molecular complexity index is 801. The van der Waals surface area contributed by atoms with Gasteiger partial charge >= 0.3 is 6.18 Å². The molecule has 1 aromatic carbocycles. The highest BCUT2D eigenvalue weighted by atomic mass is 19.4. The summed E-state index contributed by atoms with van der Waals surface area (Å²) < 4.78 is 50.3. The average Bonchev–Trinajstić information content (AvgIpc) is 2.99. The van der Waals surface area contributed by atoms with Crippen molar-refractivity contribution < 1.29 is 22.6 Å². The van der Waals surface area contributed by atoms with Crippen molar-refractivity contribution in [2.45, 2.75) is 37.6 Å². The first kappa shape index (κ1) is 17.1. The molecule has 0 amide bonds. The van der Waals surface area contributed by atoms with Crippen LogP contribution in [-0.2, 0) is 12.0 Å². The second-order valence-corrected chi connectivity index (χ2v) is 6.78. The maximum absolute atomic E-state index is 12.8. The van der Waals surface area contributed by atoms with Gasteiger partial charge in [-0.2, -0.15) is 13.2 Å². The molecule has 2 aliphatic heterocycles. The number of piperidine rings is 1. The van der Waals surface area contributed by atoms with Gasteiger partial charge in [0.15, 0.2) is 11.5 Å². The fourth-order valence-electron chi connectivity index (χ4n) is 3.54. The van der Waals surface area contributed by atoms with Crippen LogP contribution in [0.15, 0.2) is 36.5 Å². The molecule has 1 fully saturated rings. The number of nitrogens with zero attached hydrogens (tertiary/aromatic N) is 1. The lowest BCUT2D eigenvalue weighted by molar-refractivity contribution is -0.138. The summed E-state index contributed by atoms with van der Waals surface area (Å²) in [7, 11) is 0. The van der Waals surface area contributed by atoms with E-state index in [2.05, 4.69) is 10.3 Å². The molecule has 1 unspecified atom stereocenters. The number of halogens is 3. The van der Waals surface area contributed by atoms with E-state index in [0.717, 1.165) is 43.8 Å². The molecule has 1 atom stereocenters. The molecule has 2 aliphatic rings. The number of hydrogen-bond acceptors (Lipinski definition) is 4. The Morgan fingerprint density at radius 3 is 2.54 bits per heavy atom. The van der Waals surface area contributed by atoms with Crippen LogP contribution in [0.25, 0.3) is 0 Å². The smallest absolute Gasteiger partial charge is 0.417 e. The molecule has 0 saturated carbocycles. The fraction of sp³-hybridized carbons (Fsp3) is 0.421. The minimum absolute atomic E-state index is 0.304. The van der Waals surface area contributed by atoms with E-state index in [1.807, 2.05) is 18.2 Å². The number of para-hydroxylation sites is 1. The zero-order chi connectivity index (χ0) is 18.4. The van der Waals surface area contributed by atoms with Crippen molar-refractivity contribution in [3.63, 3.8) is 0 Å². The van der Waals surface area contributed by atoms with Gasteiger partial charge in [0.2, 0.25) is 0 Å². The van der Waals surface area contributed by atoms with Crippen LogP contribution in [0.2, 0.25) is 0 Å². The van der Waals surface area contributed by atoms with E-state index < -0.39 is 17.5 Å². The van der Waals surface area contributed by atoms with E-state index in [1.54, 1.807) is 6.92 Å². The van der Waals surface area contributed by atoms with Crippen molar-refractivity contribution in [2.75, 3.05) is 13.1 Å². The molecule has 0 spiro atoms. The third kappa shape index (κ3) is 3.00. The Kier molecular flexibility index (Phi) is 4.06. The number of nitrogens with one attached hydrogen (secondary N) is 1. The first-order valence-electron chi connectivity index (χ1n) is 8.62. The highest BCUT2D eigenvalue weighted by molar-refractivity contribution is 5.51. The lowest BCUT2D eigenvalue weighted by atomic mass is 9.89. The minimum atomic E-state index is -4.42. The predicted octanol–water partition coefficient (Wildman–Crippen LogP) is 4.21. The number of benzene rings is 1. The Balaban J connectivity index is 1.63. The molecule has 0 radical (unpaired) electrons. The van der Waals surface area contributed by atoms with Crippen LogP contribution < -0.4 is 14.8 Å². The molecule has 1 saturated heterocycles. The fourth-order valence-corrected chi connectivity index (χ4v) is 3.54. The van der Waals surface area contributed by atoms with E-state index in [-0.39, 0.29) is 0 Å². The quantitative estimate of drug-likeness (QED) is 0.867. The molecule has 0 bridgehead atoms. The van der Waals surface area contributed by atoms with Gasteiger partial charge in [0.25, 0.3) is 5.79 Å². The zero-order valence-electron chi connectivity index (χ0n) is 14.3. The Morgan fingerprint density at radius 2 is 1.88 bits per heavy atom. The van der Waals surface area contributed by atoms with Crippen LogP contribution in [-0.4, -0.2) is 18.1 Å². The van der Waals surface area contributed by atoms with Gasteiger partial charge in [-0.3, -0.25) is 4.98 Å². The van der Waals surface area contributed by atoms with E-state index in [1.165, 1.54) is 6.07 Å². The minimum Gasteiger partial charge on any atom is -0.443 e. The Morgan fingerprint density at radius 1 is 1.12 bits per heavy atom. The molecule has 7 heteroatoms. The lowest BCUT2D eigenvalue weighted by Crippen LogP contribution is -2.33. The molecular weight excluding hydrogens is 345 g/mol. The van der Waals surface area contributed by atoms with Gasteiger partial charge in [0, 0.05) is 18.7 Å². The summed E-state index contributed by atoms with van der Waals surface area (Å²) in [6.07, 6.45) is -1.59. The molecule has 26 heavy (non-hydrogen) atoms. The third-order valence-corrected chi connectivity index (χ3v) is 4.95. The van der Waals surface area contributed by atoms with Crippen LogP contribution in [0.4, 0.5) is 13.2 Å². The second kappa shape index (κ2) is 6.16. The van der Waals surface area contributed by atoms with Crippen LogP contribution >= 0.6 is 0 Å². The van der Waals surface area contributed by atoms with E-state index in [0.29, 0.717) is 23.1 Å². The summed E-state index contributed by atoms with van der Waals surface area (Å²) in [5.41, 5.74) is 0.591. The van der Waals surface area contributed by atoms with Crippen molar-refractivity contribution in [3.8, 4) is 11.5 Å². The molecule has 2 aromatic rings. The average molecular weight is 364 g/mol. The molecule has 4 nitrogen and oxygen atoms in total. The van der Waals surface area contributed by atoms with Gasteiger partial charge in [0.1, 0.15) is 5.69 Å². The Hall–Kier alpha value is -2.28. The van der Waals surface area contributed by atoms with E-state index in [4.69, 9.17) is 9.47 Å². The topological polar surface area (TPSA) is 43.4 Å². The van der Waals surface area contributed by atoms with Crippen molar-refractivity contribution >= 4 is 0 Å². The first-order valence-corrected chi connectivity index (χ1v) is 8.62. The summed E-state index contributed by atoms with van der Waals surface area (Å²) >= 11 is 0. The van der Waals surface area contributed by atoms with Crippen molar-refractivity contribution in [1.29, 1.82) is 0 Å². The predicted molar refractivity (Wildman–Crippen MR) is 89.1 cm³/mol. The molecule has 3 heterocycles. The number of aromatic nitrogens is 1. The monoisotopic (exact) mass is 364 g/mol. The summed E-state index contributed by atoms with van der Waals surface area (Å²) in [4.78, 5) is 3.94. The van der Waals surface area contributed by atoms with Gasteiger partial charge in [-0.15, -0.1) is 0 Å². The lowest BCUT2D eigenvalue weighted by Gasteiger charge is -2.25. The molecule has 1 aromatic heterocycles. The van der Waals surface area contributed by atoms with Crippen LogP contribution in [0, 0.1) is 0 Å². The van der Waals surface area contributed by atoms with Crippen molar-refractivity contribution in [2.24, 2.45) is 0 Å². The van der Waals surface area contributed by atoms with Crippen LogP contribution in [0.3, 0.4) is 0 Å². The number of fused-ring (bicyclic) bond motifs is 1. The molecular formula is C19H19F3N2O2. The standard InChI is InChI=1S/C19H19F3N2O2/c1-18(16-6-5-13(11-24-16)19(20,21)22)25-15-4-2-3-14(17(15)26-18)12-7-9-23-10-8-12/h2-6,11-12,23H,7-10H2,1H3. The largest absolute Gasteiger partial charge is 0.443 e. The van der Waals surface area contributed by atoms with Crippen LogP contribution in [0.5, 0.6) is 11.5 Å². The first-order chi connectivity index (χ1) is 12.4. The number of alkyl halides is 3. The number of pyridine rings is 1. The Labute approximate surface area is 149 Å². The van der Waals surface area contributed by atoms with Gasteiger partial charge in [0.05, 0.1) is 5.56 Å². The van der Waals surface area contributed by atoms with Gasteiger partial charge < -0.3 is 14.8 Å². The second-order valence-electron chi connectivity index (χ2n) is 6.78. The SMILES string of the molecule is CC1(c2ccc(C(F)(F)F)cn2)Oc2cccc(C3CCNCC3)c2O1. The summed E-state index contributed by atoms with van der Waals surface area (Å²) in [5, 5.41) is 3.34. The van der Waals surface area contributed by atoms with Gasteiger partial charge in [-0.25, -0.2) is 0 Å². The molecule has 4 rings (SSSR count). The highest BCUT2D eigenvalue weighted by Gasteiger charge is 2.42. The molecule has 138 valence electrons. The molecule has 1 N–H and O–H groups in total. The number of ether oxygens (including phenoxy) is 2. The zero-order valence-corrected chi connectivity index (χ0v) is 14.3. The summed E-state index contributed by atoms with van der Waals surface area (Å²) in [6, 6.07) is 8.07. The van der Waals surface area contributed by atoms with Crippen molar-refractivity contribution in [3.05, 3.63) is 53.3 Å². The van der Waals surface area contributed by atoms with Gasteiger partial charge in [-0.1, -0.05) is 12.1 Å². The maximum atomic E-state index is 12.8. The third-order valence-electron chi connectivity index (χ3n) is 4.95. The normalized spacial score (nSPS) is 23.2. The van der Waals surface area contributed by atoms with Crippen molar-refractivity contribution in [1.82, 2.24) is 10.3 Å². The van der Waals surface area contributed by atoms with E-state index >= 15 is 0 Å². The summed E-state index contributed by atoms with van der Waals surface area (Å²) in [6.45, 7) is 3.58. The number of hydrogen-bond donors (Lipinski definition) is 1. The van der Waals surface area contributed by atoms with E-state index in [9.17, 15) is 13.2 Å². The molecule has 0 aliphatic carbocycles. The highest BCUT2D eigenvalue weighted by Crippen LogP contribution is 2.48. The maximum Gasteiger partial charge on any atom is 0.417 e. The summed E-state index contributed by atoms with van der Waals surface area (Å²) in [5.74, 6) is 0.404. The van der Waals surface area contributed by atoms with Crippen LogP contribution in [0.1, 0.15) is 42.5 Å². The van der Waals surface area contributed by atoms with Gasteiger partial charge in [-0.05, 0) is 50.0 Å². The number of rotatable bonds is 2.